The third kappa shape index (κ3) is 7.56. The molecule has 0 saturated carbocycles. The van der Waals surface area contributed by atoms with Gasteiger partial charge in [0.1, 0.15) is 0 Å². The van der Waals surface area contributed by atoms with Crippen molar-refractivity contribution in [3.8, 4) is 0 Å². The molecule has 0 atom stereocenters. The van der Waals surface area contributed by atoms with Gasteiger partial charge in [-0.3, -0.25) is 0 Å². The Balaban J connectivity index is 5.30. The van der Waals surface area contributed by atoms with Crippen LogP contribution in [0.4, 0.5) is 0 Å². The monoisotopic (exact) mass is 386 g/mol. The first-order chi connectivity index (χ1) is 10.1. The van der Waals surface area contributed by atoms with Gasteiger partial charge < -0.3 is 0 Å². The van der Waals surface area contributed by atoms with E-state index < -0.39 is 23.1 Å². The van der Waals surface area contributed by atoms with Gasteiger partial charge in [0, 0.05) is 0 Å². The summed E-state index contributed by atoms with van der Waals surface area (Å²) in [5, 5.41) is 0. The van der Waals surface area contributed by atoms with E-state index in [4.69, 9.17) is 24.6 Å². The fourth-order valence-corrected chi connectivity index (χ4v) is 15.3. The predicted octanol–water partition coefficient (Wildman–Crippen LogP) is 2.62. The van der Waals surface area contributed by atoms with Crippen LogP contribution in [0.5, 0.6) is 0 Å². The van der Waals surface area contributed by atoms with Crippen molar-refractivity contribution in [3.05, 3.63) is 0 Å². The maximum atomic E-state index is 5.94. The number of rotatable bonds is 14. The fraction of sp³-hybridized carbons (Fsp3) is 1.00. The van der Waals surface area contributed by atoms with Crippen LogP contribution >= 0.6 is 0 Å². The van der Waals surface area contributed by atoms with E-state index in [2.05, 4.69) is 0 Å². The quantitative estimate of drug-likeness (QED) is 0.429. The van der Waals surface area contributed by atoms with E-state index in [9.17, 15) is 0 Å². The molecule has 8 heteroatoms. The Morgan fingerprint density at radius 3 is 1.14 bits per heavy atom. The Hall–Kier alpha value is 0.520. The van der Waals surface area contributed by atoms with Crippen LogP contribution in [0.25, 0.3) is 0 Å². The summed E-state index contributed by atoms with van der Waals surface area (Å²) in [6, 6.07) is 0. The standard InChI is InChI=1S/C13H32GeO6Si/c1-7-15-14(16-8-2,17-9-3)13-21(18-10-4,19-11-5)20-12-6/h7-13H2,1-6H3. The Bertz CT molecular complexity index is 199. The zero-order valence-corrected chi connectivity index (χ0v) is 17.5. The normalized spacial score (nSPS) is 12.9. The second kappa shape index (κ2) is 12.0. The molecule has 0 aliphatic heterocycles. The van der Waals surface area contributed by atoms with Gasteiger partial charge in [-0.25, -0.2) is 0 Å². The third-order valence-electron chi connectivity index (χ3n) is 2.62. The molecule has 0 unspecified atom stereocenters. The summed E-state index contributed by atoms with van der Waals surface area (Å²) in [6.07, 6.45) is 0. The zero-order chi connectivity index (χ0) is 16.2. The van der Waals surface area contributed by atoms with Crippen molar-refractivity contribution in [3.63, 3.8) is 0 Å². The molecule has 0 heterocycles. The van der Waals surface area contributed by atoms with Crippen LogP contribution in [0, 0.1) is 0 Å². The summed E-state index contributed by atoms with van der Waals surface area (Å²) >= 11 is -3.44. The van der Waals surface area contributed by atoms with Crippen LogP contribution in [0.2, 0.25) is 4.88 Å². The van der Waals surface area contributed by atoms with Crippen molar-refractivity contribution in [2.75, 3.05) is 39.6 Å². The average molecular weight is 385 g/mol. The minimum absolute atomic E-state index is 0.498. The molecule has 0 radical (unpaired) electrons. The van der Waals surface area contributed by atoms with Gasteiger partial charge >= 0.3 is 134 Å². The Morgan fingerprint density at radius 1 is 0.571 bits per heavy atom. The van der Waals surface area contributed by atoms with Crippen LogP contribution in [-0.2, 0) is 24.6 Å². The molecule has 0 aromatic rings. The molecule has 0 bridgehead atoms. The van der Waals surface area contributed by atoms with Crippen molar-refractivity contribution in [2.45, 2.75) is 46.4 Å². The average Bonchev–Trinajstić information content (AvgIpc) is 2.40. The van der Waals surface area contributed by atoms with Crippen molar-refractivity contribution < 1.29 is 24.6 Å². The van der Waals surface area contributed by atoms with Crippen LogP contribution in [0.3, 0.4) is 0 Å². The molecule has 0 amide bonds. The summed E-state index contributed by atoms with van der Waals surface area (Å²) in [5.74, 6) is 0. The van der Waals surface area contributed by atoms with Crippen LogP contribution < -0.4 is 0 Å². The summed E-state index contributed by atoms with van der Waals surface area (Å²) in [7, 11) is -2.83. The van der Waals surface area contributed by atoms with Crippen molar-refractivity contribution in [1.29, 1.82) is 0 Å². The first-order valence-electron chi connectivity index (χ1n) is 7.91. The molecule has 0 fully saturated rings. The molecule has 128 valence electrons. The van der Waals surface area contributed by atoms with E-state index in [1.54, 1.807) is 0 Å². The van der Waals surface area contributed by atoms with E-state index >= 15 is 0 Å². The molecule has 0 aliphatic carbocycles. The van der Waals surface area contributed by atoms with E-state index in [1.165, 1.54) is 0 Å². The van der Waals surface area contributed by atoms with Gasteiger partial charge in [-0.15, -0.1) is 0 Å². The van der Waals surface area contributed by atoms with Gasteiger partial charge in [0.25, 0.3) is 0 Å². The second-order valence-electron chi connectivity index (χ2n) is 4.14. The molecule has 0 N–H and O–H groups in total. The SMILES string of the molecule is CCO[Si]([CH2][Ge]([O]CC)([O]CC)[O]CC)(OCC)OCC. The van der Waals surface area contributed by atoms with Crippen molar-refractivity contribution in [2.24, 2.45) is 0 Å². The topological polar surface area (TPSA) is 55.4 Å². The first kappa shape index (κ1) is 21.5. The van der Waals surface area contributed by atoms with E-state index in [-0.39, 0.29) is 0 Å². The van der Waals surface area contributed by atoms with Crippen LogP contribution in [0.15, 0.2) is 0 Å². The first-order valence-corrected chi connectivity index (χ1v) is 13.9. The van der Waals surface area contributed by atoms with E-state index in [0.29, 0.717) is 44.5 Å². The molecule has 0 aromatic carbocycles. The second-order valence-corrected chi connectivity index (χ2v) is 13.6. The van der Waals surface area contributed by atoms with Crippen molar-refractivity contribution >= 4 is 23.1 Å². The van der Waals surface area contributed by atoms with E-state index in [0.717, 1.165) is 0 Å². The zero-order valence-electron chi connectivity index (χ0n) is 14.4. The van der Waals surface area contributed by atoms with Gasteiger partial charge in [0.05, 0.1) is 0 Å². The molecule has 0 aromatic heterocycles. The molecular formula is C13H32GeO6Si. The third-order valence-corrected chi connectivity index (χ3v) is 15.7. The molecule has 0 aliphatic rings. The van der Waals surface area contributed by atoms with Gasteiger partial charge in [0.2, 0.25) is 0 Å². The summed E-state index contributed by atoms with van der Waals surface area (Å²) < 4.78 is 35.5. The van der Waals surface area contributed by atoms with Crippen LogP contribution in [0.1, 0.15) is 41.5 Å². The molecular weight excluding hydrogens is 353 g/mol. The predicted molar refractivity (Wildman–Crippen MR) is 86.1 cm³/mol. The van der Waals surface area contributed by atoms with Gasteiger partial charge in [0.15, 0.2) is 0 Å². The molecule has 21 heavy (non-hydrogen) atoms. The molecule has 0 saturated heterocycles. The summed E-state index contributed by atoms with van der Waals surface area (Å²) in [4.78, 5) is 0.498. The van der Waals surface area contributed by atoms with Gasteiger partial charge in [-0.1, -0.05) is 0 Å². The van der Waals surface area contributed by atoms with Crippen molar-refractivity contribution in [1.82, 2.24) is 0 Å². The minimum atomic E-state index is -3.44. The van der Waals surface area contributed by atoms with E-state index in [1.807, 2.05) is 41.5 Å². The summed E-state index contributed by atoms with van der Waals surface area (Å²) in [6.45, 7) is 14.9. The molecule has 0 rings (SSSR count). The molecule has 0 spiro atoms. The van der Waals surface area contributed by atoms with Gasteiger partial charge in [-0.2, -0.15) is 0 Å². The number of hydrogen-bond acceptors (Lipinski definition) is 6. The maximum absolute atomic E-state index is 5.94. The number of hydrogen-bond donors (Lipinski definition) is 0. The Morgan fingerprint density at radius 2 is 0.905 bits per heavy atom. The van der Waals surface area contributed by atoms with Gasteiger partial charge in [-0.05, 0) is 0 Å². The Kier molecular flexibility index (Phi) is 12.3. The van der Waals surface area contributed by atoms with Crippen LogP contribution in [-0.4, -0.2) is 62.7 Å². The Labute approximate surface area is 134 Å². The fourth-order valence-electron chi connectivity index (χ4n) is 2.14. The summed E-state index contributed by atoms with van der Waals surface area (Å²) in [5.41, 5.74) is 0. The molecule has 6 nitrogen and oxygen atoms in total.